The van der Waals surface area contributed by atoms with E-state index in [0.717, 1.165) is 13.2 Å². The zero-order valence-electron chi connectivity index (χ0n) is 12.5. The highest BCUT2D eigenvalue weighted by Gasteiger charge is 2.29. The van der Waals surface area contributed by atoms with Crippen molar-refractivity contribution in [1.29, 1.82) is 0 Å². The van der Waals surface area contributed by atoms with Gasteiger partial charge in [-0.2, -0.15) is 0 Å². The molecule has 3 nitrogen and oxygen atoms in total. The minimum absolute atomic E-state index is 0.288. The van der Waals surface area contributed by atoms with Crippen molar-refractivity contribution in [2.75, 3.05) is 19.7 Å². The zero-order valence-corrected chi connectivity index (χ0v) is 12.5. The lowest BCUT2D eigenvalue weighted by atomic mass is 9.98. The van der Waals surface area contributed by atoms with Gasteiger partial charge >= 0.3 is 0 Å². The topological polar surface area (TPSA) is 38.5 Å². The van der Waals surface area contributed by atoms with E-state index in [2.05, 4.69) is 50.8 Å². The van der Waals surface area contributed by atoms with Crippen molar-refractivity contribution >= 4 is 0 Å². The molecule has 0 radical (unpaired) electrons. The van der Waals surface area contributed by atoms with Gasteiger partial charge in [-0.05, 0) is 33.3 Å². The predicted octanol–water partition coefficient (Wildman–Crippen LogP) is 2.41. The second-order valence-electron chi connectivity index (χ2n) is 5.86. The maximum absolute atomic E-state index is 6.06. The third-order valence-electron chi connectivity index (χ3n) is 3.91. The van der Waals surface area contributed by atoms with Gasteiger partial charge in [-0.15, -0.1) is 0 Å². The van der Waals surface area contributed by atoms with Gasteiger partial charge in [0.15, 0.2) is 0 Å². The summed E-state index contributed by atoms with van der Waals surface area (Å²) in [5, 5.41) is 0. The summed E-state index contributed by atoms with van der Waals surface area (Å²) in [6.45, 7) is 11.1. The largest absolute Gasteiger partial charge is 0.376 e. The van der Waals surface area contributed by atoms with Crippen molar-refractivity contribution in [2.45, 2.75) is 45.9 Å². The molecule has 0 saturated carbocycles. The summed E-state index contributed by atoms with van der Waals surface area (Å²) in [4.78, 5) is 2.49. The van der Waals surface area contributed by atoms with Gasteiger partial charge in [-0.1, -0.05) is 29.3 Å². The fourth-order valence-corrected chi connectivity index (χ4v) is 3.03. The van der Waals surface area contributed by atoms with E-state index in [4.69, 9.17) is 10.5 Å². The van der Waals surface area contributed by atoms with Crippen molar-refractivity contribution in [2.24, 2.45) is 5.73 Å². The molecule has 2 N–H and O–H groups in total. The third kappa shape index (κ3) is 3.35. The molecule has 0 bridgehead atoms. The van der Waals surface area contributed by atoms with Crippen molar-refractivity contribution in [3.8, 4) is 0 Å². The molecule has 1 saturated heterocycles. The third-order valence-corrected chi connectivity index (χ3v) is 3.91. The number of nitrogens with two attached hydrogens (primary N) is 1. The van der Waals surface area contributed by atoms with Gasteiger partial charge in [-0.3, -0.25) is 4.90 Å². The van der Waals surface area contributed by atoms with E-state index in [-0.39, 0.29) is 6.10 Å². The molecular formula is C16H26N2O. The lowest BCUT2D eigenvalue weighted by Gasteiger charge is -2.42. The molecule has 106 valence electrons. The minimum atomic E-state index is 0.288. The number of aryl methyl sites for hydroxylation is 2. The molecular weight excluding hydrogens is 236 g/mol. The quantitative estimate of drug-likeness (QED) is 0.909. The van der Waals surface area contributed by atoms with Crippen LogP contribution in [0, 0.1) is 13.8 Å². The van der Waals surface area contributed by atoms with E-state index >= 15 is 0 Å². The van der Waals surface area contributed by atoms with E-state index in [0.29, 0.717) is 18.6 Å². The summed E-state index contributed by atoms with van der Waals surface area (Å²) in [5.41, 5.74) is 10.0. The first-order chi connectivity index (χ1) is 9.01. The van der Waals surface area contributed by atoms with Gasteiger partial charge in [0.2, 0.25) is 0 Å². The van der Waals surface area contributed by atoms with Crippen LogP contribution < -0.4 is 5.73 Å². The van der Waals surface area contributed by atoms with Crippen LogP contribution >= 0.6 is 0 Å². The Morgan fingerprint density at radius 3 is 2.47 bits per heavy atom. The zero-order chi connectivity index (χ0) is 14.0. The van der Waals surface area contributed by atoms with E-state index in [1.165, 1.54) is 16.7 Å². The number of hydrogen-bond acceptors (Lipinski definition) is 3. The monoisotopic (exact) mass is 262 g/mol. The van der Waals surface area contributed by atoms with Gasteiger partial charge in [-0.25, -0.2) is 0 Å². The number of rotatable bonds is 3. The van der Waals surface area contributed by atoms with Gasteiger partial charge < -0.3 is 10.5 Å². The van der Waals surface area contributed by atoms with E-state index in [9.17, 15) is 0 Å². The van der Waals surface area contributed by atoms with Crippen LogP contribution in [0.4, 0.5) is 0 Å². The molecule has 2 rings (SSSR count). The number of morpholine rings is 1. The number of nitrogens with zero attached hydrogens (tertiary/aromatic N) is 1. The second kappa shape index (κ2) is 6.04. The molecule has 1 aromatic carbocycles. The molecule has 0 spiro atoms. The maximum Gasteiger partial charge on any atom is 0.0675 e. The smallest absolute Gasteiger partial charge is 0.0675 e. The Bertz CT molecular complexity index is 413. The average Bonchev–Trinajstić information content (AvgIpc) is 2.33. The second-order valence-corrected chi connectivity index (χ2v) is 5.86. The molecule has 3 heteroatoms. The molecule has 0 aromatic heterocycles. The lowest BCUT2D eigenvalue weighted by molar-refractivity contribution is -0.0654. The summed E-state index contributed by atoms with van der Waals surface area (Å²) in [7, 11) is 0. The lowest BCUT2D eigenvalue weighted by Crippen LogP contribution is -2.50. The first-order valence-electron chi connectivity index (χ1n) is 7.17. The molecule has 1 aromatic rings. The molecule has 1 heterocycles. The van der Waals surface area contributed by atoms with E-state index in [1.54, 1.807) is 0 Å². The normalized spacial score (nSPS) is 26.4. The Hall–Kier alpha value is -0.900. The Kier molecular flexibility index (Phi) is 4.61. The SMILES string of the molecule is Cc1cc(C)cc(C(CN)N2CC(C)OCC2C)c1. The summed E-state index contributed by atoms with van der Waals surface area (Å²) in [5.74, 6) is 0. The highest BCUT2D eigenvalue weighted by molar-refractivity contribution is 5.31. The first-order valence-corrected chi connectivity index (χ1v) is 7.17. The van der Waals surface area contributed by atoms with Crippen LogP contribution in [0.1, 0.15) is 36.6 Å². The van der Waals surface area contributed by atoms with Crippen LogP contribution in [0.5, 0.6) is 0 Å². The maximum atomic E-state index is 6.06. The summed E-state index contributed by atoms with van der Waals surface area (Å²) < 4.78 is 5.72. The van der Waals surface area contributed by atoms with Gasteiger partial charge in [0.05, 0.1) is 12.7 Å². The number of ether oxygens (including phenoxy) is 1. The van der Waals surface area contributed by atoms with Gasteiger partial charge in [0.25, 0.3) is 0 Å². The molecule has 1 fully saturated rings. The molecule has 3 atom stereocenters. The van der Waals surface area contributed by atoms with Crippen LogP contribution in [0.15, 0.2) is 18.2 Å². The molecule has 0 aliphatic carbocycles. The van der Waals surface area contributed by atoms with Gasteiger partial charge in [0, 0.05) is 25.2 Å². The van der Waals surface area contributed by atoms with Gasteiger partial charge in [0.1, 0.15) is 0 Å². The average molecular weight is 262 g/mol. The fraction of sp³-hybridized carbons (Fsp3) is 0.625. The van der Waals surface area contributed by atoms with Crippen LogP contribution in [0.2, 0.25) is 0 Å². The van der Waals surface area contributed by atoms with Crippen LogP contribution in [-0.4, -0.2) is 36.7 Å². The number of benzene rings is 1. The molecule has 1 aliphatic rings. The molecule has 1 aliphatic heterocycles. The highest BCUT2D eigenvalue weighted by atomic mass is 16.5. The summed E-state index contributed by atoms with van der Waals surface area (Å²) in [6, 6.07) is 7.45. The standard InChI is InChI=1S/C16H26N2O/c1-11-5-12(2)7-15(6-11)16(8-17)18-9-14(4)19-10-13(18)3/h5-7,13-14,16H,8-10,17H2,1-4H3. The van der Waals surface area contributed by atoms with Crippen molar-refractivity contribution in [1.82, 2.24) is 4.90 Å². The first kappa shape index (κ1) is 14.5. The minimum Gasteiger partial charge on any atom is -0.376 e. The highest BCUT2D eigenvalue weighted by Crippen LogP contribution is 2.27. The molecule has 19 heavy (non-hydrogen) atoms. The van der Waals surface area contributed by atoms with E-state index < -0.39 is 0 Å². The summed E-state index contributed by atoms with van der Waals surface area (Å²) >= 11 is 0. The predicted molar refractivity (Wildman–Crippen MR) is 79.3 cm³/mol. The summed E-state index contributed by atoms with van der Waals surface area (Å²) in [6.07, 6.45) is 0.288. The van der Waals surface area contributed by atoms with Crippen molar-refractivity contribution in [3.05, 3.63) is 34.9 Å². The molecule has 3 unspecified atom stereocenters. The Balaban J connectivity index is 2.27. The number of hydrogen-bond donors (Lipinski definition) is 1. The Morgan fingerprint density at radius 1 is 1.26 bits per heavy atom. The van der Waals surface area contributed by atoms with Crippen molar-refractivity contribution < 1.29 is 4.74 Å². The fourth-order valence-electron chi connectivity index (χ4n) is 3.03. The van der Waals surface area contributed by atoms with Crippen LogP contribution in [-0.2, 0) is 4.74 Å². The van der Waals surface area contributed by atoms with Crippen molar-refractivity contribution in [3.63, 3.8) is 0 Å². The van der Waals surface area contributed by atoms with Crippen LogP contribution in [0.3, 0.4) is 0 Å². The Labute approximate surface area is 116 Å². The van der Waals surface area contributed by atoms with E-state index in [1.807, 2.05) is 0 Å². The molecule has 0 amide bonds. The Morgan fingerprint density at radius 2 is 1.89 bits per heavy atom. The van der Waals surface area contributed by atoms with Crippen LogP contribution in [0.25, 0.3) is 0 Å².